The van der Waals surface area contributed by atoms with Crippen LogP contribution in [0.2, 0.25) is 0 Å². The number of nitrogens with zero attached hydrogens (tertiary/aromatic N) is 2. The first kappa shape index (κ1) is 17.9. The molecule has 3 nitrogen and oxygen atoms in total. The Morgan fingerprint density at radius 2 is 1.73 bits per heavy atom. The Bertz CT molecular complexity index is 955. The Morgan fingerprint density at radius 1 is 1.04 bits per heavy atom. The molecule has 26 heavy (non-hydrogen) atoms. The lowest BCUT2D eigenvalue weighted by atomic mass is 10.0. The first-order valence-corrected chi connectivity index (χ1v) is 8.15. The molecule has 0 saturated heterocycles. The molecule has 0 N–H and O–H groups in total. The molecule has 0 aliphatic rings. The van der Waals surface area contributed by atoms with Gasteiger partial charge in [0.05, 0.1) is 23.2 Å². The molecule has 1 aromatic heterocycles. The summed E-state index contributed by atoms with van der Waals surface area (Å²) in [7, 11) is 0. The molecule has 0 amide bonds. The minimum absolute atomic E-state index is 0.0234. The van der Waals surface area contributed by atoms with Crippen molar-refractivity contribution in [3.8, 4) is 11.8 Å². The zero-order valence-corrected chi connectivity index (χ0v) is 14.3. The second-order valence-electron chi connectivity index (χ2n) is 6.13. The average Bonchev–Trinajstić information content (AvgIpc) is 3.03. The van der Waals surface area contributed by atoms with Gasteiger partial charge < -0.3 is 9.30 Å². The SMILES string of the molecule is CC(Oc1ccccc1)C(C)n1ccc2c(C(F)(F)F)c(C#N)ccc21. The van der Waals surface area contributed by atoms with Crippen molar-refractivity contribution in [2.24, 2.45) is 0 Å². The summed E-state index contributed by atoms with van der Waals surface area (Å²) in [5, 5.41) is 9.06. The number of rotatable bonds is 4. The van der Waals surface area contributed by atoms with Crippen molar-refractivity contribution in [1.82, 2.24) is 4.57 Å². The van der Waals surface area contributed by atoms with Crippen LogP contribution >= 0.6 is 0 Å². The van der Waals surface area contributed by atoms with Crippen LogP contribution in [0.25, 0.3) is 10.9 Å². The molecule has 2 aromatic carbocycles. The van der Waals surface area contributed by atoms with Gasteiger partial charge in [0.15, 0.2) is 0 Å². The number of hydrogen-bond donors (Lipinski definition) is 0. The maximum absolute atomic E-state index is 13.4. The molecule has 3 aromatic rings. The summed E-state index contributed by atoms with van der Waals surface area (Å²) in [5.74, 6) is 0.700. The lowest BCUT2D eigenvalue weighted by molar-refractivity contribution is -0.136. The fourth-order valence-corrected chi connectivity index (χ4v) is 3.03. The van der Waals surface area contributed by atoms with Gasteiger partial charge in [0.1, 0.15) is 11.9 Å². The van der Waals surface area contributed by atoms with Crippen LogP contribution in [-0.4, -0.2) is 10.7 Å². The summed E-state index contributed by atoms with van der Waals surface area (Å²) in [6.45, 7) is 3.76. The summed E-state index contributed by atoms with van der Waals surface area (Å²) in [4.78, 5) is 0. The predicted molar refractivity (Wildman–Crippen MR) is 92.9 cm³/mol. The van der Waals surface area contributed by atoms with Gasteiger partial charge in [0.2, 0.25) is 0 Å². The van der Waals surface area contributed by atoms with Crippen molar-refractivity contribution in [2.45, 2.75) is 32.2 Å². The number of fused-ring (bicyclic) bond motifs is 1. The lowest BCUT2D eigenvalue weighted by Gasteiger charge is -2.24. The summed E-state index contributed by atoms with van der Waals surface area (Å²) in [6, 6.07) is 14.9. The monoisotopic (exact) mass is 358 g/mol. The standard InChI is InChI=1S/C20H17F3N2O/c1-13(14(2)26-16-6-4-3-5-7-16)25-11-10-17-18(25)9-8-15(12-24)19(17)20(21,22)23/h3-11,13-14H,1-2H3. The van der Waals surface area contributed by atoms with Crippen molar-refractivity contribution < 1.29 is 17.9 Å². The first-order chi connectivity index (χ1) is 12.3. The average molecular weight is 358 g/mol. The third kappa shape index (κ3) is 3.25. The van der Waals surface area contributed by atoms with E-state index in [1.54, 1.807) is 22.9 Å². The van der Waals surface area contributed by atoms with Gasteiger partial charge >= 0.3 is 6.18 Å². The van der Waals surface area contributed by atoms with Crippen LogP contribution in [0.1, 0.15) is 31.0 Å². The summed E-state index contributed by atoms with van der Waals surface area (Å²) >= 11 is 0. The normalized spacial score (nSPS) is 14.0. The van der Waals surface area contributed by atoms with Crippen molar-refractivity contribution in [2.75, 3.05) is 0 Å². The Hall–Kier alpha value is -2.94. The van der Waals surface area contributed by atoms with Crippen LogP contribution in [0.5, 0.6) is 5.75 Å². The largest absolute Gasteiger partial charge is 0.489 e. The van der Waals surface area contributed by atoms with Crippen LogP contribution < -0.4 is 4.74 Å². The van der Waals surface area contributed by atoms with Gasteiger partial charge in [-0.1, -0.05) is 18.2 Å². The Balaban J connectivity index is 2.00. The van der Waals surface area contributed by atoms with E-state index in [2.05, 4.69) is 0 Å². The maximum atomic E-state index is 13.4. The summed E-state index contributed by atoms with van der Waals surface area (Å²) in [6.07, 6.45) is -3.25. The minimum Gasteiger partial charge on any atom is -0.489 e. The van der Waals surface area contributed by atoms with Gasteiger partial charge in [-0.3, -0.25) is 0 Å². The number of benzene rings is 2. The van der Waals surface area contributed by atoms with E-state index in [1.165, 1.54) is 12.1 Å². The van der Waals surface area contributed by atoms with Crippen LogP contribution in [0.3, 0.4) is 0 Å². The van der Waals surface area contributed by atoms with Crippen molar-refractivity contribution >= 4 is 10.9 Å². The highest BCUT2D eigenvalue weighted by atomic mass is 19.4. The van der Waals surface area contributed by atoms with Crippen molar-refractivity contribution in [1.29, 1.82) is 5.26 Å². The molecule has 0 bridgehead atoms. The molecule has 0 spiro atoms. The second-order valence-corrected chi connectivity index (χ2v) is 6.13. The molecule has 134 valence electrons. The number of ether oxygens (including phenoxy) is 1. The van der Waals surface area contributed by atoms with E-state index in [0.29, 0.717) is 11.3 Å². The summed E-state index contributed by atoms with van der Waals surface area (Å²) in [5.41, 5.74) is -0.837. The van der Waals surface area contributed by atoms with Gasteiger partial charge in [0, 0.05) is 17.1 Å². The van der Waals surface area contributed by atoms with Crippen LogP contribution in [0.15, 0.2) is 54.7 Å². The fourth-order valence-electron chi connectivity index (χ4n) is 3.03. The fraction of sp³-hybridized carbons (Fsp3) is 0.250. The van der Waals surface area contributed by atoms with Crippen molar-refractivity contribution in [3.63, 3.8) is 0 Å². The molecule has 0 saturated carbocycles. The molecular formula is C20H17F3N2O. The van der Waals surface area contributed by atoms with Crippen LogP contribution in [0.4, 0.5) is 13.2 Å². The zero-order chi connectivity index (χ0) is 18.9. The number of para-hydroxylation sites is 1. The van der Waals surface area contributed by atoms with Gasteiger partial charge in [-0.25, -0.2) is 0 Å². The predicted octanol–water partition coefficient (Wildman–Crippen LogP) is 5.56. The van der Waals surface area contributed by atoms with Crippen molar-refractivity contribution in [3.05, 3.63) is 65.9 Å². The second kappa shape index (κ2) is 6.75. The number of aromatic nitrogens is 1. The van der Waals surface area contributed by atoms with E-state index in [4.69, 9.17) is 10.00 Å². The number of hydrogen-bond acceptors (Lipinski definition) is 2. The molecule has 1 heterocycles. The van der Waals surface area contributed by atoms with E-state index in [1.807, 2.05) is 44.2 Å². The highest BCUT2D eigenvalue weighted by Crippen LogP contribution is 2.38. The molecule has 3 rings (SSSR count). The first-order valence-electron chi connectivity index (χ1n) is 8.15. The Morgan fingerprint density at radius 3 is 2.35 bits per heavy atom. The van der Waals surface area contributed by atoms with Crippen LogP contribution in [-0.2, 0) is 6.18 Å². The number of halogens is 3. The zero-order valence-electron chi connectivity index (χ0n) is 14.3. The molecular weight excluding hydrogens is 341 g/mol. The van der Waals surface area contributed by atoms with E-state index < -0.39 is 11.7 Å². The topological polar surface area (TPSA) is 38.0 Å². The third-order valence-corrected chi connectivity index (χ3v) is 4.49. The van der Waals surface area contributed by atoms with E-state index >= 15 is 0 Å². The van der Waals surface area contributed by atoms with E-state index in [9.17, 15) is 13.2 Å². The third-order valence-electron chi connectivity index (χ3n) is 4.49. The lowest BCUT2D eigenvalue weighted by Crippen LogP contribution is -2.24. The molecule has 0 radical (unpaired) electrons. The molecule has 2 atom stereocenters. The Kier molecular flexibility index (Phi) is 4.64. The molecule has 6 heteroatoms. The smallest absolute Gasteiger partial charge is 0.418 e. The summed E-state index contributed by atoms with van der Waals surface area (Å²) < 4.78 is 48.0. The number of alkyl halides is 3. The quantitative estimate of drug-likeness (QED) is 0.612. The van der Waals surface area contributed by atoms with Gasteiger partial charge in [0.25, 0.3) is 0 Å². The van der Waals surface area contributed by atoms with Crippen LogP contribution in [0, 0.1) is 11.3 Å². The number of nitriles is 1. The molecule has 0 aliphatic carbocycles. The molecule has 0 aliphatic heterocycles. The van der Waals surface area contributed by atoms with E-state index in [-0.39, 0.29) is 23.1 Å². The highest BCUT2D eigenvalue weighted by molar-refractivity contribution is 5.86. The Labute approximate surface area is 149 Å². The molecule has 2 unspecified atom stereocenters. The van der Waals surface area contributed by atoms with Gasteiger partial charge in [-0.05, 0) is 44.2 Å². The van der Waals surface area contributed by atoms with Gasteiger partial charge in [-0.2, -0.15) is 18.4 Å². The van der Waals surface area contributed by atoms with E-state index in [0.717, 1.165) is 0 Å². The maximum Gasteiger partial charge on any atom is 0.418 e. The van der Waals surface area contributed by atoms with Gasteiger partial charge in [-0.15, -0.1) is 0 Å². The highest BCUT2D eigenvalue weighted by Gasteiger charge is 2.36. The minimum atomic E-state index is -4.59. The molecule has 0 fully saturated rings.